The fraction of sp³-hybridized carbons (Fsp3) is 0.407. The number of nitrogens with zero attached hydrogens (tertiary/aromatic N) is 1. The molecule has 0 fully saturated rings. The van der Waals surface area contributed by atoms with Crippen molar-refractivity contribution in [1.82, 2.24) is 0 Å². The molecule has 0 unspecified atom stereocenters. The maximum atomic E-state index is 2.42. The van der Waals surface area contributed by atoms with E-state index in [9.17, 15) is 0 Å². The average molecular weight is 374 g/mol. The highest BCUT2D eigenvalue weighted by Crippen LogP contribution is 2.36. The lowest BCUT2D eigenvalue weighted by Crippen LogP contribution is -2.19. The SMILES string of the molecule is CC1=CC=C(N(c2ccc(C(C)(C)C)cc2)c2ccc(C(C)(C)C)cc2)CC1. The number of hydrogen-bond donors (Lipinski definition) is 0. The van der Waals surface area contributed by atoms with Crippen LogP contribution in [0.3, 0.4) is 0 Å². The van der Waals surface area contributed by atoms with Crippen molar-refractivity contribution in [3.05, 3.63) is 83.1 Å². The van der Waals surface area contributed by atoms with Gasteiger partial charge in [0.05, 0.1) is 0 Å². The molecular weight excluding hydrogens is 338 g/mol. The molecule has 1 heteroatoms. The number of benzene rings is 2. The molecule has 0 saturated heterocycles. The van der Waals surface area contributed by atoms with Crippen molar-refractivity contribution in [3.8, 4) is 0 Å². The Morgan fingerprint density at radius 1 is 0.607 bits per heavy atom. The van der Waals surface area contributed by atoms with Crippen LogP contribution in [0.2, 0.25) is 0 Å². The Hall–Kier alpha value is -2.28. The highest BCUT2D eigenvalue weighted by molar-refractivity contribution is 5.69. The Morgan fingerprint density at radius 3 is 1.36 bits per heavy atom. The van der Waals surface area contributed by atoms with E-state index in [0.29, 0.717) is 0 Å². The first-order valence-corrected chi connectivity index (χ1v) is 10.4. The highest BCUT2D eigenvalue weighted by Gasteiger charge is 2.20. The van der Waals surface area contributed by atoms with E-state index < -0.39 is 0 Å². The zero-order valence-corrected chi connectivity index (χ0v) is 18.6. The summed E-state index contributed by atoms with van der Waals surface area (Å²) in [7, 11) is 0. The second kappa shape index (κ2) is 7.62. The first-order chi connectivity index (χ1) is 13.1. The summed E-state index contributed by atoms with van der Waals surface area (Å²) in [6, 6.07) is 18.2. The molecule has 2 aromatic rings. The molecule has 0 spiro atoms. The summed E-state index contributed by atoms with van der Waals surface area (Å²) in [5.41, 5.74) is 8.35. The Morgan fingerprint density at radius 2 is 1.04 bits per heavy atom. The lowest BCUT2D eigenvalue weighted by Gasteiger charge is -2.31. The van der Waals surface area contributed by atoms with Gasteiger partial charge in [-0.25, -0.2) is 0 Å². The van der Waals surface area contributed by atoms with Gasteiger partial charge in [0.15, 0.2) is 0 Å². The van der Waals surface area contributed by atoms with Gasteiger partial charge in [-0.3, -0.25) is 0 Å². The molecule has 0 aliphatic heterocycles. The van der Waals surface area contributed by atoms with Crippen LogP contribution in [0.1, 0.15) is 72.4 Å². The van der Waals surface area contributed by atoms with Crippen LogP contribution in [0.25, 0.3) is 0 Å². The van der Waals surface area contributed by atoms with Crippen molar-refractivity contribution >= 4 is 11.4 Å². The number of hydrogen-bond acceptors (Lipinski definition) is 1. The summed E-state index contributed by atoms with van der Waals surface area (Å²) >= 11 is 0. The van der Waals surface area contributed by atoms with E-state index in [0.717, 1.165) is 12.8 Å². The Balaban J connectivity index is 2.03. The van der Waals surface area contributed by atoms with Crippen LogP contribution in [-0.4, -0.2) is 0 Å². The molecule has 148 valence electrons. The zero-order chi connectivity index (χ0) is 20.5. The summed E-state index contributed by atoms with van der Waals surface area (Å²) < 4.78 is 0. The average Bonchev–Trinajstić information content (AvgIpc) is 2.63. The summed E-state index contributed by atoms with van der Waals surface area (Å²) in [6.07, 6.45) is 6.75. The van der Waals surface area contributed by atoms with Crippen molar-refractivity contribution in [1.29, 1.82) is 0 Å². The predicted octanol–water partition coefficient (Wildman–Crippen LogP) is 8.04. The molecule has 0 atom stereocenters. The van der Waals surface area contributed by atoms with Gasteiger partial charge in [0.25, 0.3) is 0 Å². The lowest BCUT2D eigenvalue weighted by atomic mass is 9.86. The molecule has 0 N–H and O–H groups in total. The van der Waals surface area contributed by atoms with E-state index in [1.165, 1.54) is 33.8 Å². The van der Waals surface area contributed by atoms with Gasteiger partial charge in [0, 0.05) is 17.1 Å². The Kier molecular flexibility index (Phi) is 5.57. The number of rotatable bonds is 3. The fourth-order valence-electron chi connectivity index (χ4n) is 3.62. The lowest BCUT2D eigenvalue weighted by molar-refractivity contribution is 0.590. The second-order valence-corrected chi connectivity index (χ2v) is 10.1. The van der Waals surface area contributed by atoms with Crippen LogP contribution >= 0.6 is 0 Å². The van der Waals surface area contributed by atoms with E-state index in [-0.39, 0.29) is 10.8 Å². The molecule has 0 heterocycles. The van der Waals surface area contributed by atoms with Crippen LogP contribution in [0.4, 0.5) is 11.4 Å². The second-order valence-electron chi connectivity index (χ2n) is 10.1. The topological polar surface area (TPSA) is 3.24 Å². The largest absolute Gasteiger partial charge is 0.314 e. The molecule has 0 saturated carbocycles. The van der Waals surface area contributed by atoms with Crippen molar-refractivity contribution in [2.75, 3.05) is 4.90 Å². The molecule has 28 heavy (non-hydrogen) atoms. The molecule has 0 radical (unpaired) electrons. The quantitative estimate of drug-likeness (QED) is 0.526. The van der Waals surface area contributed by atoms with Gasteiger partial charge >= 0.3 is 0 Å². The first-order valence-electron chi connectivity index (χ1n) is 10.4. The van der Waals surface area contributed by atoms with Gasteiger partial charge in [-0.1, -0.05) is 77.5 Å². The van der Waals surface area contributed by atoms with Crippen LogP contribution in [0.15, 0.2) is 72.0 Å². The smallest absolute Gasteiger partial charge is 0.0458 e. The normalized spacial score (nSPS) is 15.1. The molecule has 1 nitrogen and oxygen atoms in total. The van der Waals surface area contributed by atoms with Gasteiger partial charge in [-0.2, -0.15) is 0 Å². The van der Waals surface area contributed by atoms with Crippen LogP contribution in [0.5, 0.6) is 0 Å². The van der Waals surface area contributed by atoms with E-state index in [4.69, 9.17) is 0 Å². The molecule has 0 aromatic heterocycles. The maximum absolute atomic E-state index is 2.42. The first kappa shape index (κ1) is 20.5. The number of allylic oxidation sites excluding steroid dienone is 4. The molecule has 3 rings (SSSR count). The Bertz CT molecular complexity index is 808. The molecular formula is C27H35N. The van der Waals surface area contributed by atoms with Gasteiger partial charge in [0.1, 0.15) is 0 Å². The Labute approximate surface area is 171 Å². The van der Waals surface area contributed by atoms with E-state index in [2.05, 4.69) is 114 Å². The molecule has 0 bridgehead atoms. The highest BCUT2D eigenvalue weighted by atomic mass is 15.1. The monoisotopic (exact) mass is 373 g/mol. The van der Waals surface area contributed by atoms with E-state index in [1.807, 2.05) is 0 Å². The summed E-state index contributed by atoms with van der Waals surface area (Å²) in [5.74, 6) is 0. The number of anilines is 2. The minimum atomic E-state index is 0.168. The molecule has 0 amide bonds. The van der Waals surface area contributed by atoms with Gasteiger partial charge in [0.2, 0.25) is 0 Å². The van der Waals surface area contributed by atoms with Gasteiger partial charge in [-0.05, 0) is 72.1 Å². The fourth-order valence-corrected chi connectivity index (χ4v) is 3.62. The standard InChI is InChI=1S/C27H35N/c1-20-8-14-23(15-9-20)28(24-16-10-21(11-17-24)26(2,3)4)25-18-12-22(13-19-25)27(5,6)7/h8,10-14,16-19H,9,15H2,1-7H3. The minimum absolute atomic E-state index is 0.168. The summed E-state index contributed by atoms with van der Waals surface area (Å²) in [6.45, 7) is 15.8. The molecule has 2 aromatic carbocycles. The van der Waals surface area contributed by atoms with E-state index in [1.54, 1.807) is 0 Å². The third kappa shape index (κ3) is 4.58. The summed E-state index contributed by atoms with van der Waals surface area (Å²) in [4.78, 5) is 2.42. The van der Waals surface area contributed by atoms with Crippen molar-refractivity contribution in [2.45, 2.75) is 72.1 Å². The van der Waals surface area contributed by atoms with E-state index >= 15 is 0 Å². The van der Waals surface area contributed by atoms with Gasteiger partial charge in [-0.15, -0.1) is 0 Å². The molecule has 1 aliphatic rings. The zero-order valence-electron chi connectivity index (χ0n) is 18.6. The predicted molar refractivity (Wildman–Crippen MR) is 123 cm³/mol. The van der Waals surface area contributed by atoms with Crippen molar-refractivity contribution in [3.63, 3.8) is 0 Å². The minimum Gasteiger partial charge on any atom is -0.314 e. The molecule has 1 aliphatic carbocycles. The maximum Gasteiger partial charge on any atom is 0.0458 e. The van der Waals surface area contributed by atoms with Gasteiger partial charge < -0.3 is 4.90 Å². The van der Waals surface area contributed by atoms with Crippen LogP contribution < -0.4 is 4.90 Å². The van der Waals surface area contributed by atoms with Crippen molar-refractivity contribution < 1.29 is 0 Å². The summed E-state index contributed by atoms with van der Waals surface area (Å²) in [5, 5.41) is 0. The van der Waals surface area contributed by atoms with Crippen molar-refractivity contribution in [2.24, 2.45) is 0 Å². The third-order valence-electron chi connectivity index (χ3n) is 5.61. The van der Waals surface area contributed by atoms with Crippen LogP contribution in [-0.2, 0) is 10.8 Å². The van der Waals surface area contributed by atoms with Crippen LogP contribution in [0, 0.1) is 0 Å². The third-order valence-corrected chi connectivity index (χ3v) is 5.61.